The highest BCUT2D eigenvalue weighted by atomic mass is 16.3. The molecule has 32 heavy (non-hydrogen) atoms. The third-order valence-electron chi connectivity index (χ3n) is 5.66. The van der Waals surface area contributed by atoms with Crippen molar-refractivity contribution in [1.29, 1.82) is 0 Å². The number of rotatable bonds is 7. The third-order valence-corrected chi connectivity index (χ3v) is 5.66. The molecule has 0 unspecified atom stereocenters. The zero-order valence-electron chi connectivity index (χ0n) is 18.6. The van der Waals surface area contributed by atoms with Gasteiger partial charge < -0.3 is 5.11 Å². The Labute approximate surface area is 188 Å². The SMILES string of the molecule is CCCc1nc(CC)n(-c2ccc(O)cc2)c(=O)c1Cc1cccc(-c2ccccc2)c1. The number of benzene rings is 3. The summed E-state index contributed by atoms with van der Waals surface area (Å²) in [6, 6.07) is 25.4. The molecule has 0 saturated carbocycles. The molecule has 4 aromatic rings. The van der Waals surface area contributed by atoms with Crippen LogP contribution in [-0.4, -0.2) is 14.7 Å². The van der Waals surface area contributed by atoms with Gasteiger partial charge >= 0.3 is 0 Å². The van der Waals surface area contributed by atoms with Crippen LogP contribution in [0.25, 0.3) is 16.8 Å². The van der Waals surface area contributed by atoms with Crippen molar-refractivity contribution in [2.24, 2.45) is 0 Å². The lowest BCUT2D eigenvalue weighted by atomic mass is 9.98. The van der Waals surface area contributed by atoms with Crippen molar-refractivity contribution < 1.29 is 5.11 Å². The molecule has 4 nitrogen and oxygen atoms in total. The summed E-state index contributed by atoms with van der Waals surface area (Å²) in [6.07, 6.45) is 2.88. The molecule has 4 heteroatoms. The summed E-state index contributed by atoms with van der Waals surface area (Å²) in [6.45, 7) is 4.12. The zero-order valence-corrected chi connectivity index (χ0v) is 18.6. The molecule has 0 fully saturated rings. The van der Waals surface area contributed by atoms with Crippen LogP contribution in [0.3, 0.4) is 0 Å². The first-order chi connectivity index (χ1) is 15.6. The first-order valence-electron chi connectivity index (χ1n) is 11.2. The molecule has 0 amide bonds. The summed E-state index contributed by atoms with van der Waals surface area (Å²) in [4.78, 5) is 18.7. The smallest absolute Gasteiger partial charge is 0.261 e. The largest absolute Gasteiger partial charge is 0.508 e. The molecule has 0 spiro atoms. The van der Waals surface area contributed by atoms with Gasteiger partial charge in [0.05, 0.1) is 11.4 Å². The van der Waals surface area contributed by atoms with E-state index in [4.69, 9.17) is 4.98 Å². The molecule has 0 bridgehead atoms. The monoisotopic (exact) mass is 424 g/mol. The maximum absolute atomic E-state index is 13.7. The molecule has 0 aliphatic carbocycles. The molecule has 0 radical (unpaired) electrons. The van der Waals surface area contributed by atoms with Crippen molar-refractivity contribution >= 4 is 0 Å². The topological polar surface area (TPSA) is 55.1 Å². The van der Waals surface area contributed by atoms with Crippen molar-refractivity contribution in [3.8, 4) is 22.6 Å². The van der Waals surface area contributed by atoms with E-state index in [9.17, 15) is 9.90 Å². The van der Waals surface area contributed by atoms with E-state index >= 15 is 0 Å². The Balaban J connectivity index is 1.82. The Bertz CT molecular complexity index is 1260. The van der Waals surface area contributed by atoms with Gasteiger partial charge in [-0.15, -0.1) is 0 Å². The van der Waals surface area contributed by atoms with Crippen LogP contribution < -0.4 is 5.56 Å². The number of phenolic OH excluding ortho intramolecular Hbond substituents is 1. The molecule has 3 aromatic carbocycles. The molecular formula is C28H28N2O2. The van der Waals surface area contributed by atoms with Gasteiger partial charge in [0.2, 0.25) is 0 Å². The lowest BCUT2D eigenvalue weighted by molar-refractivity contribution is 0.475. The van der Waals surface area contributed by atoms with Gasteiger partial charge in [0, 0.05) is 18.4 Å². The lowest BCUT2D eigenvalue weighted by Crippen LogP contribution is -2.29. The van der Waals surface area contributed by atoms with E-state index in [2.05, 4.69) is 37.3 Å². The van der Waals surface area contributed by atoms with Gasteiger partial charge in [-0.2, -0.15) is 0 Å². The molecule has 4 rings (SSSR count). The van der Waals surface area contributed by atoms with Crippen LogP contribution in [0.15, 0.2) is 83.7 Å². The fourth-order valence-corrected chi connectivity index (χ4v) is 4.07. The number of hydrogen-bond donors (Lipinski definition) is 1. The van der Waals surface area contributed by atoms with Gasteiger partial charge in [-0.25, -0.2) is 4.98 Å². The molecule has 1 heterocycles. The van der Waals surface area contributed by atoms with Crippen LogP contribution >= 0.6 is 0 Å². The van der Waals surface area contributed by atoms with E-state index < -0.39 is 0 Å². The zero-order chi connectivity index (χ0) is 22.5. The summed E-state index contributed by atoms with van der Waals surface area (Å²) in [5, 5.41) is 9.68. The first-order valence-corrected chi connectivity index (χ1v) is 11.2. The lowest BCUT2D eigenvalue weighted by Gasteiger charge is -2.17. The Morgan fingerprint density at radius 3 is 2.28 bits per heavy atom. The van der Waals surface area contributed by atoms with Crippen molar-refractivity contribution in [2.45, 2.75) is 39.5 Å². The van der Waals surface area contributed by atoms with Crippen molar-refractivity contribution in [2.75, 3.05) is 0 Å². The highest BCUT2D eigenvalue weighted by Crippen LogP contribution is 2.22. The van der Waals surface area contributed by atoms with E-state index in [1.807, 2.05) is 31.2 Å². The van der Waals surface area contributed by atoms with Crippen LogP contribution in [0.1, 0.15) is 42.9 Å². The van der Waals surface area contributed by atoms with E-state index in [1.165, 1.54) is 0 Å². The predicted molar refractivity (Wildman–Crippen MR) is 130 cm³/mol. The second-order valence-corrected chi connectivity index (χ2v) is 7.96. The van der Waals surface area contributed by atoms with Gasteiger partial charge in [-0.05, 0) is 47.4 Å². The van der Waals surface area contributed by atoms with Crippen molar-refractivity contribution in [3.63, 3.8) is 0 Å². The second kappa shape index (κ2) is 9.65. The predicted octanol–water partition coefficient (Wildman–Crippen LogP) is 5.71. The number of phenols is 1. The fraction of sp³-hybridized carbons (Fsp3) is 0.214. The maximum Gasteiger partial charge on any atom is 0.261 e. The average Bonchev–Trinajstić information content (AvgIpc) is 2.83. The van der Waals surface area contributed by atoms with Crippen LogP contribution in [0, 0.1) is 0 Å². The van der Waals surface area contributed by atoms with Crippen LogP contribution in [0.5, 0.6) is 5.75 Å². The molecule has 0 saturated heterocycles. The molecule has 162 valence electrons. The molecule has 0 atom stereocenters. The van der Waals surface area contributed by atoms with Crippen molar-refractivity contribution in [1.82, 2.24) is 9.55 Å². The van der Waals surface area contributed by atoms with Gasteiger partial charge in [-0.1, -0.05) is 74.9 Å². The Morgan fingerprint density at radius 2 is 1.59 bits per heavy atom. The van der Waals surface area contributed by atoms with E-state index in [0.717, 1.165) is 52.3 Å². The third kappa shape index (κ3) is 4.50. The average molecular weight is 425 g/mol. The highest BCUT2D eigenvalue weighted by Gasteiger charge is 2.17. The first kappa shape index (κ1) is 21.6. The van der Waals surface area contributed by atoms with E-state index in [1.54, 1.807) is 28.8 Å². The minimum atomic E-state index is -0.0314. The molecule has 0 aliphatic rings. The highest BCUT2D eigenvalue weighted by molar-refractivity contribution is 5.64. The Hall–Kier alpha value is -3.66. The van der Waals surface area contributed by atoms with E-state index in [0.29, 0.717) is 12.8 Å². The minimum absolute atomic E-state index is 0.0314. The molecule has 1 N–H and O–H groups in total. The standard InChI is InChI=1S/C28H28N2O2/c1-3-9-26-25(19-20-10-8-13-22(18-20)21-11-6-5-7-12-21)28(32)30(27(4-2)29-26)23-14-16-24(31)17-15-23/h5-8,10-18,31H,3-4,9,19H2,1-2H3. The Morgan fingerprint density at radius 1 is 0.875 bits per heavy atom. The molecular weight excluding hydrogens is 396 g/mol. The number of aromatic hydroxyl groups is 1. The van der Waals surface area contributed by atoms with Gasteiger partial charge in [0.15, 0.2) is 0 Å². The number of aromatic nitrogens is 2. The number of nitrogens with zero attached hydrogens (tertiary/aromatic N) is 2. The summed E-state index contributed by atoms with van der Waals surface area (Å²) in [7, 11) is 0. The normalized spacial score (nSPS) is 10.9. The van der Waals surface area contributed by atoms with E-state index in [-0.39, 0.29) is 11.3 Å². The van der Waals surface area contributed by atoms with Crippen LogP contribution in [0.2, 0.25) is 0 Å². The Kier molecular flexibility index (Phi) is 6.50. The second-order valence-electron chi connectivity index (χ2n) is 7.96. The number of aryl methyl sites for hydroxylation is 2. The quantitative estimate of drug-likeness (QED) is 0.413. The summed E-state index contributed by atoms with van der Waals surface area (Å²) < 4.78 is 1.69. The summed E-state index contributed by atoms with van der Waals surface area (Å²) in [5.74, 6) is 0.916. The van der Waals surface area contributed by atoms with Gasteiger partial charge in [0.1, 0.15) is 11.6 Å². The van der Waals surface area contributed by atoms with Gasteiger partial charge in [-0.3, -0.25) is 9.36 Å². The maximum atomic E-state index is 13.7. The summed E-state index contributed by atoms with van der Waals surface area (Å²) in [5.41, 5.74) is 5.69. The van der Waals surface area contributed by atoms with Gasteiger partial charge in [0.25, 0.3) is 5.56 Å². The fourth-order valence-electron chi connectivity index (χ4n) is 4.07. The summed E-state index contributed by atoms with van der Waals surface area (Å²) >= 11 is 0. The number of hydrogen-bond acceptors (Lipinski definition) is 3. The van der Waals surface area contributed by atoms with Crippen molar-refractivity contribution in [3.05, 3.63) is 112 Å². The van der Waals surface area contributed by atoms with Crippen LogP contribution in [-0.2, 0) is 19.3 Å². The molecule has 1 aromatic heterocycles. The van der Waals surface area contributed by atoms with Crippen LogP contribution in [0.4, 0.5) is 0 Å². The molecule has 0 aliphatic heterocycles. The minimum Gasteiger partial charge on any atom is -0.508 e.